The van der Waals surface area contributed by atoms with Crippen molar-refractivity contribution in [1.82, 2.24) is 5.06 Å². The van der Waals surface area contributed by atoms with Gasteiger partial charge in [0.1, 0.15) is 11.5 Å². The molecule has 0 aliphatic heterocycles. The third-order valence-corrected chi connectivity index (χ3v) is 4.39. The zero-order chi connectivity index (χ0) is 23.2. The van der Waals surface area contributed by atoms with Gasteiger partial charge < -0.3 is 4.74 Å². The van der Waals surface area contributed by atoms with Gasteiger partial charge in [-0.1, -0.05) is 18.5 Å². The second-order valence-electron chi connectivity index (χ2n) is 6.39. The Bertz CT molecular complexity index is 953. The summed E-state index contributed by atoms with van der Waals surface area (Å²) in [4.78, 5) is 28.5. The molecule has 0 unspecified atom stereocenters. The molecule has 0 aromatic heterocycles. The number of hydroxylamine groups is 2. The third kappa shape index (κ3) is 6.56. The number of carbonyl (C=O) groups excluding carboxylic acids is 1. The van der Waals surface area contributed by atoms with Gasteiger partial charge in [-0.3, -0.25) is 19.7 Å². The van der Waals surface area contributed by atoms with E-state index in [1.54, 1.807) is 6.92 Å². The summed E-state index contributed by atoms with van der Waals surface area (Å²) >= 11 is 5.89. The molecule has 0 aliphatic rings. The number of alkyl halides is 3. The highest BCUT2D eigenvalue weighted by Crippen LogP contribution is 2.37. The van der Waals surface area contributed by atoms with Crippen LogP contribution >= 0.6 is 11.6 Å². The van der Waals surface area contributed by atoms with E-state index in [1.165, 1.54) is 12.1 Å². The number of ether oxygens (including phenoxy) is 1. The number of likely N-dealkylation sites (N-methyl/N-ethyl adjacent to an activating group) is 1. The summed E-state index contributed by atoms with van der Waals surface area (Å²) in [5.74, 6) is -0.474. The van der Waals surface area contributed by atoms with E-state index in [2.05, 4.69) is 0 Å². The van der Waals surface area contributed by atoms with E-state index in [1.807, 2.05) is 6.92 Å². The van der Waals surface area contributed by atoms with Gasteiger partial charge in [-0.05, 0) is 43.7 Å². The Kier molecular flexibility index (Phi) is 8.23. The molecule has 2 rings (SSSR count). The summed E-state index contributed by atoms with van der Waals surface area (Å²) < 4.78 is 43.9. The molecule has 11 heteroatoms. The Morgan fingerprint density at radius 1 is 1.19 bits per heavy atom. The number of nitro groups is 1. The van der Waals surface area contributed by atoms with Crippen molar-refractivity contribution >= 4 is 23.2 Å². The monoisotopic (exact) mass is 460 g/mol. The Hall–Kier alpha value is -2.85. The van der Waals surface area contributed by atoms with Crippen molar-refractivity contribution < 1.29 is 32.5 Å². The van der Waals surface area contributed by atoms with Crippen LogP contribution in [0.15, 0.2) is 36.4 Å². The van der Waals surface area contributed by atoms with E-state index < -0.39 is 22.6 Å². The lowest BCUT2D eigenvalue weighted by Crippen LogP contribution is -2.32. The topological polar surface area (TPSA) is 81.9 Å². The molecule has 0 saturated carbocycles. The molecule has 0 radical (unpaired) electrons. The number of hydrogen-bond donors (Lipinski definition) is 0. The van der Waals surface area contributed by atoms with Gasteiger partial charge in [0.2, 0.25) is 0 Å². The van der Waals surface area contributed by atoms with Crippen molar-refractivity contribution in [1.29, 1.82) is 0 Å². The van der Waals surface area contributed by atoms with Crippen molar-refractivity contribution in [2.24, 2.45) is 0 Å². The van der Waals surface area contributed by atoms with Crippen LogP contribution < -0.4 is 4.74 Å². The highest BCUT2D eigenvalue weighted by Gasteiger charge is 2.31. The lowest BCUT2D eigenvalue weighted by atomic mass is 10.1. The lowest BCUT2D eigenvalue weighted by Gasteiger charge is -2.20. The first-order valence-corrected chi connectivity index (χ1v) is 9.69. The van der Waals surface area contributed by atoms with Crippen LogP contribution in [0.4, 0.5) is 18.9 Å². The van der Waals surface area contributed by atoms with Gasteiger partial charge in [0.05, 0.1) is 28.5 Å². The Morgan fingerprint density at radius 2 is 1.90 bits per heavy atom. The van der Waals surface area contributed by atoms with E-state index >= 15 is 0 Å². The van der Waals surface area contributed by atoms with Gasteiger partial charge in [-0.25, -0.2) is 5.06 Å². The van der Waals surface area contributed by atoms with Gasteiger partial charge in [0, 0.05) is 18.2 Å². The van der Waals surface area contributed by atoms with Crippen LogP contribution in [0.2, 0.25) is 5.02 Å². The minimum Gasteiger partial charge on any atom is -0.456 e. The standard InChI is InChI=1S/C20H20ClF3N2O5/c1-3-9-30-25(4-2)19(27)11-13-10-15(6-7-17(13)26(28)29)31-18-8-5-14(12-16(18)21)20(22,23)24/h5-8,10,12H,3-4,9,11H2,1-2H3. The van der Waals surface area contributed by atoms with Crippen LogP contribution in [0.25, 0.3) is 0 Å². The fourth-order valence-electron chi connectivity index (χ4n) is 2.62. The summed E-state index contributed by atoms with van der Waals surface area (Å²) in [5, 5.41) is 12.2. The van der Waals surface area contributed by atoms with Crippen molar-refractivity contribution in [3.05, 3.63) is 62.7 Å². The summed E-state index contributed by atoms with van der Waals surface area (Å²) in [6, 6.07) is 6.27. The average Bonchev–Trinajstić information content (AvgIpc) is 2.69. The normalized spacial score (nSPS) is 11.3. The second kappa shape index (κ2) is 10.5. The summed E-state index contributed by atoms with van der Waals surface area (Å²) in [5.41, 5.74) is -1.17. The van der Waals surface area contributed by atoms with Crippen LogP contribution in [0, 0.1) is 10.1 Å². The van der Waals surface area contributed by atoms with Crippen LogP contribution in [0.3, 0.4) is 0 Å². The summed E-state index contributed by atoms with van der Waals surface area (Å²) in [6.45, 7) is 4.14. The van der Waals surface area contributed by atoms with E-state index in [4.69, 9.17) is 21.2 Å². The molecule has 0 heterocycles. The van der Waals surface area contributed by atoms with Gasteiger partial charge in [0.25, 0.3) is 11.6 Å². The highest BCUT2D eigenvalue weighted by molar-refractivity contribution is 6.32. The molecule has 2 aromatic rings. The number of nitrogens with zero attached hydrogens (tertiary/aromatic N) is 2. The smallest absolute Gasteiger partial charge is 0.416 e. The fraction of sp³-hybridized carbons (Fsp3) is 0.350. The maximum Gasteiger partial charge on any atom is 0.416 e. The van der Waals surface area contributed by atoms with Gasteiger partial charge in [-0.2, -0.15) is 13.2 Å². The number of rotatable bonds is 9. The number of carbonyl (C=O) groups is 1. The molecule has 0 N–H and O–H groups in total. The van der Waals surface area contributed by atoms with Crippen molar-refractivity contribution in [3.63, 3.8) is 0 Å². The Morgan fingerprint density at radius 3 is 2.45 bits per heavy atom. The van der Waals surface area contributed by atoms with Crippen LogP contribution in [0.1, 0.15) is 31.4 Å². The van der Waals surface area contributed by atoms with Crippen molar-refractivity contribution in [2.75, 3.05) is 13.2 Å². The quantitative estimate of drug-likeness (QED) is 0.349. The first-order valence-electron chi connectivity index (χ1n) is 9.32. The molecular formula is C20H20ClF3N2O5. The largest absolute Gasteiger partial charge is 0.456 e. The molecule has 0 bridgehead atoms. The number of halogens is 4. The molecule has 2 aromatic carbocycles. The van der Waals surface area contributed by atoms with Crippen LogP contribution in [0.5, 0.6) is 11.5 Å². The first kappa shape index (κ1) is 24.4. The maximum atomic E-state index is 12.8. The summed E-state index contributed by atoms with van der Waals surface area (Å²) in [6.07, 6.45) is -4.21. The average molecular weight is 461 g/mol. The second-order valence-corrected chi connectivity index (χ2v) is 6.80. The SMILES string of the molecule is CCCON(CC)C(=O)Cc1cc(Oc2ccc(C(F)(F)F)cc2Cl)ccc1[N+](=O)[O-]. The molecule has 0 atom stereocenters. The predicted molar refractivity (Wildman–Crippen MR) is 107 cm³/mol. The number of hydrogen-bond acceptors (Lipinski definition) is 5. The highest BCUT2D eigenvalue weighted by atomic mass is 35.5. The zero-order valence-electron chi connectivity index (χ0n) is 16.7. The van der Waals surface area contributed by atoms with E-state index in [0.717, 1.165) is 29.3 Å². The van der Waals surface area contributed by atoms with Crippen LogP contribution in [-0.2, 0) is 22.2 Å². The van der Waals surface area contributed by atoms with E-state index in [9.17, 15) is 28.1 Å². The molecule has 7 nitrogen and oxygen atoms in total. The number of amides is 1. The van der Waals surface area contributed by atoms with E-state index in [0.29, 0.717) is 13.0 Å². The minimum absolute atomic E-state index is 0.0640. The maximum absolute atomic E-state index is 12.8. The lowest BCUT2D eigenvalue weighted by molar-refractivity contribution is -0.385. The molecule has 0 aliphatic carbocycles. The van der Waals surface area contributed by atoms with Gasteiger partial charge >= 0.3 is 6.18 Å². The molecule has 0 fully saturated rings. The predicted octanol–water partition coefficient (Wildman–Crippen LogP) is 5.79. The van der Waals surface area contributed by atoms with E-state index in [-0.39, 0.29) is 40.7 Å². The minimum atomic E-state index is -4.56. The number of benzene rings is 2. The molecule has 168 valence electrons. The molecule has 1 amide bonds. The molecule has 31 heavy (non-hydrogen) atoms. The molecular weight excluding hydrogens is 441 g/mol. The first-order chi connectivity index (χ1) is 14.6. The number of nitro benzene ring substituents is 1. The van der Waals surface area contributed by atoms with Crippen molar-refractivity contribution in [2.45, 2.75) is 32.9 Å². The van der Waals surface area contributed by atoms with Crippen LogP contribution in [-0.4, -0.2) is 29.0 Å². The van der Waals surface area contributed by atoms with Gasteiger partial charge in [-0.15, -0.1) is 0 Å². The Labute approximate surface area is 181 Å². The molecule has 0 saturated heterocycles. The molecule has 0 spiro atoms. The van der Waals surface area contributed by atoms with Crippen molar-refractivity contribution in [3.8, 4) is 11.5 Å². The summed E-state index contributed by atoms with van der Waals surface area (Å²) in [7, 11) is 0. The zero-order valence-corrected chi connectivity index (χ0v) is 17.5. The fourth-order valence-corrected chi connectivity index (χ4v) is 2.84. The Balaban J connectivity index is 2.29. The third-order valence-electron chi connectivity index (χ3n) is 4.09. The van der Waals surface area contributed by atoms with Gasteiger partial charge in [0.15, 0.2) is 0 Å².